The predicted molar refractivity (Wildman–Crippen MR) is 77.1 cm³/mol. The summed E-state index contributed by atoms with van der Waals surface area (Å²) in [6.07, 6.45) is 0. The molecule has 20 heavy (non-hydrogen) atoms. The van der Waals surface area contributed by atoms with Gasteiger partial charge >= 0.3 is 0 Å². The minimum Gasteiger partial charge on any atom is -0.336 e. The van der Waals surface area contributed by atoms with Gasteiger partial charge in [-0.05, 0) is 37.6 Å². The van der Waals surface area contributed by atoms with Crippen molar-refractivity contribution in [2.45, 2.75) is 19.9 Å². The van der Waals surface area contributed by atoms with Crippen LogP contribution in [0, 0.1) is 12.7 Å². The molecule has 4 nitrogen and oxygen atoms in total. The first-order valence-electron chi connectivity index (χ1n) is 7.02. The van der Waals surface area contributed by atoms with Crippen LogP contribution in [0.3, 0.4) is 0 Å². The van der Waals surface area contributed by atoms with E-state index >= 15 is 0 Å². The van der Waals surface area contributed by atoms with Gasteiger partial charge < -0.3 is 10.6 Å². The van der Waals surface area contributed by atoms with Crippen molar-refractivity contribution in [2.75, 3.05) is 32.7 Å². The summed E-state index contributed by atoms with van der Waals surface area (Å²) in [6.45, 7) is 7.47. The molecule has 0 aromatic heterocycles. The maximum atomic E-state index is 13.4. The number of amides is 1. The molecule has 1 saturated heterocycles. The second-order valence-electron chi connectivity index (χ2n) is 5.43. The first-order chi connectivity index (χ1) is 9.51. The molecule has 110 valence electrons. The SMILES string of the molecule is Cc1cc(F)cc(C(=O)N2CCN(C(C)CN)CC2)c1. The minimum atomic E-state index is -0.358. The van der Waals surface area contributed by atoms with Crippen molar-refractivity contribution in [3.05, 3.63) is 35.1 Å². The lowest BCUT2D eigenvalue weighted by Crippen LogP contribution is -2.52. The zero-order valence-corrected chi connectivity index (χ0v) is 12.1. The molecule has 1 amide bonds. The van der Waals surface area contributed by atoms with Gasteiger partial charge in [0.25, 0.3) is 5.91 Å². The number of hydrogen-bond donors (Lipinski definition) is 1. The lowest BCUT2D eigenvalue weighted by atomic mass is 10.1. The molecule has 1 aromatic rings. The van der Waals surface area contributed by atoms with Gasteiger partial charge in [0.2, 0.25) is 0 Å². The Balaban J connectivity index is 2.01. The summed E-state index contributed by atoms with van der Waals surface area (Å²) in [5.41, 5.74) is 6.86. The summed E-state index contributed by atoms with van der Waals surface area (Å²) in [7, 11) is 0. The standard InChI is InChI=1S/C15H22FN3O/c1-11-7-13(9-14(16)8-11)15(20)19-5-3-18(4-6-19)12(2)10-17/h7-9,12H,3-6,10,17H2,1-2H3. The Morgan fingerprint density at radius 2 is 1.95 bits per heavy atom. The third kappa shape index (κ3) is 3.35. The molecule has 2 rings (SSSR count). The van der Waals surface area contributed by atoms with Crippen LogP contribution in [-0.4, -0.2) is 54.5 Å². The van der Waals surface area contributed by atoms with Crippen LogP contribution in [0.5, 0.6) is 0 Å². The largest absolute Gasteiger partial charge is 0.336 e. The third-order valence-corrected chi connectivity index (χ3v) is 3.86. The Hall–Kier alpha value is -1.46. The van der Waals surface area contributed by atoms with Gasteiger partial charge in [-0.25, -0.2) is 4.39 Å². The van der Waals surface area contributed by atoms with E-state index in [1.54, 1.807) is 17.9 Å². The normalized spacial score (nSPS) is 18.1. The second-order valence-corrected chi connectivity index (χ2v) is 5.43. The summed E-state index contributed by atoms with van der Waals surface area (Å²) in [4.78, 5) is 16.4. The van der Waals surface area contributed by atoms with Crippen LogP contribution >= 0.6 is 0 Å². The summed E-state index contributed by atoms with van der Waals surface area (Å²) in [5.74, 6) is -0.448. The number of aryl methyl sites for hydroxylation is 1. The Morgan fingerprint density at radius 3 is 2.50 bits per heavy atom. The number of benzene rings is 1. The molecular weight excluding hydrogens is 257 g/mol. The highest BCUT2D eigenvalue weighted by Gasteiger charge is 2.24. The molecule has 1 fully saturated rings. The van der Waals surface area contributed by atoms with E-state index in [1.165, 1.54) is 12.1 Å². The van der Waals surface area contributed by atoms with E-state index in [0.717, 1.165) is 18.7 Å². The quantitative estimate of drug-likeness (QED) is 0.905. The van der Waals surface area contributed by atoms with Crippen LogP contribution in [0.2, 0.25) is 0 Å². The molecule has 1 unspecified atom stereocenters. The molecule has 0 aliphatic carbocycles. The third-order valence-electron chi connectivity index (χ3n) is 3.86. The number of rotatable bonds is 3. The summed E-state index contributed by atoms with van der Waals surface area (Å²) < 4.78 is 13.4. The van der Waals surface area contributed by atoms with Crippen LogP contribution in [0.4, 0.5) is 4.39 Å². The lowest BCUT2D eigenvalue weighted by Gasteiger charge is -2.37. The van der Waals surface area contributed by atoms with Crippen molar-refractivity contribution >= 4 is 5.91 Å². The van der Waals surface area contributed by atoms with Gasteiger partial charge in [-0.15, -0.1) is 0 Å². The van der Waals surface area contributed by atoms with Gasteiger partial charge in [0.05, 0.1) is 0 Å². The first kappa shape index (κ1) is 14.9. The zero-order chi connectivity index (χ0) is 14.7. The summed E-state index contributed by atoms with van der Waals surface area (Å²) in [6, 6.07) is 4.81. The maximum Gasteiger partial charge on any atom is 0.254 e. The van der Waals surface area contributed by atoms with E-state index < -0.39 is 0 Å². The molecule has 2 N–H and O–H groups in total. The average molecular weight is 279 g/mol. The molecule has 0 radical (unpaired) electrons. The van der Waals surface area contributed by atoms with Crippen LogP contribution in [-0.2, 0) is 0 Å². The number of hydrogen-bond acceptors (Lipinski definition) is 3. The second kappa shape index (κ2) is 6.33. The Bertz CT molecular complexity index is 464. The monoisotopic (exact) mass is 279 g/mol. The van der Waals surface area contributed by atoms with E-state index in [4.69, 9.17) is 5.73 Å². The van der Waals surface area contributed by atoms with E-state index in [0.29, 0.717) is 31.2 Å². The Labute approximate surface area is 119 Å². The fourth-order valence-electron chi connectivity index (χ4n) is 2.56. The summed E-state index contributed by atoms with van der Waals surface area (Å²) >= 11 is 0. The van der Waals surface area contributed by atoms with Crippen molar-refractivity contribution in [1.29, 1.82) is 0 Å². The fraction of sp³-hybridized carbons (Fsp3) is 0.533. The number of nitrogens with two attached hydrogens (primary N) is 1. The predicted octanol–water partition coefficient (Wildman–Crippen LogP) is 1.24. The molecule has 1 heterocycles. The number of carbonyl (C=O) groups is 1. The molecule has 1 atom stereocenters. The van der Waals surface area contributed by atoms with E-state index in [1.807, 2.05) is 0 Å². The molecular formula is C15H22FN3O. The van der Waals surface area contributed by atoms with Crippen molar-refractivity contribution in [2.24, 2.45) is 5.73 Å². The van der Waals surface area contributed by atoms with Crippen LogP contribution < -0.4 is 5.73 Å². The average Bonchev–Trinajstić information content (AvgIpc) is 2.45. The van der Waals surface area contributed by atoms with Crippen LogP contribution in [0.25, 0.3) is 0 Å². The molecule has 1 aliphatic rings. The zero-order valence-electron chi connectivity index (χ0n) is 12.1. The van der Waals surface area contributed by atoms with Gasteiger partial charge in [-0.1, -0.05) is 0 Å². The molecule has 5 heteroatoms. The topological polar surface area (TPSA) is 49.6 Å². The molecule has 1 aromatic carbocycles. The van der Waals surface area contributed by atoms with Gasteiger partial charge in [0, 0.05) is 44.3 Å². The Morgan fingerprint density at radius 1 is 1.30 bits per heavy atom. The highest BCUT2D eigenvalue weighted by molar-refractivity contribution is 5.94. The molecule has 0 bridgehead atoms. The van der Waals surface area contributed by atoms with Crippen molar-refractivity contribution in [1.82, 2.24) is 9.80 Å². The van der Waals surface area contributed by atoms with Crippen LogP contribution in [0.1, 0.15) is 22.8 Å². The number of halogens is 1. The first-order valence-corrected chi connectivity index (χ1v) is 7.02. The smallest absolute Gasteiger partial charge is 0.254 e. The summed E-state index contributed by atoms with van der Waals surface area (Å²) in [5, 5.41) is 0. The van der Waals surface area contributed by atoms with Gasteiger partial charge in [-0.2, -0.15) is 0 Å². The van der Waals surface area contributed by atoms with Crippen molar-refractivity contribution < 1.29 is 9.18 Å². The van der Waals surface area contributed by atoms with E-state index in [9.17, 15) is 9.18 Å². The molecule has 0 saturated carbocycles. The van der Waals surface area contributed by atoms with Crippen molar-refractivity contribution in [3.63, 3.8) is 0 Å². The molecule has 1 aliphatic heterocycles. The van der Waals surface area contributed by atoms with Crippen LogP contribution in [0.15, 0.2) is 18.2 Å². The highest BCUT2D eigenvalue weighted by atomic mass is 19.1. The number of piperazine rings is 1. The van der Waals surface area contributed by atoms with Gasteiger partial charge in [-0.3, -0.25) is 9.69 Å². The molecule has 0 spiro atoms. The van der Waals surface area contributed by atoms with Gasteiger partial charge in [0.1, 0.15) is 5.82 Å². The maximum absolute atomic E-state index is 13.4. The Kier molecular flexibility index (Phi) is 4.73. The fourth-order valence-corrected chi connectivity index (χ4v) is 2.56. The van der Waals surface area contributed by atoms with E-state index in [-0.39, 0.29) is 11.7 Å². The number of nitrogens with zero attached hydrogens (tertiary/aromatic N) is 2. The van der Waals surface area contributed by atoms with E-state index in [2.05, 4.69) is 11.8 Å². The highest BCUT2D eigenvalue weighted by Crippen LogP contribution is 2.13. The lowest BCUT2D eigenvalue weighted by molar-refractivity contribution is 0.0588. The minimum absolute atomic E-state index is 0.0901. The van der Waals surface area contributed by atoms with Crippen molar-refractivity contribution in [3.8, 4) is 0 Å². The number of carbonyl (C=O) groups excluding carboxylic acids is 1. The van der Waals surface area contributed by atoms with Gasteiger partial charge in [0.15, 0.2) is 0 Å².